The summed E-state index contributed by atoms with van der Waals surface area (Å²) in [4.78, 5) is 34.3. The van der Waals surface area contributed by atoms with E-state index in [1.54, 1.807) is 19.1 Å². The van der Waals surface area contributed by atoms with Crippen LogP contribution in [0.3, 0.4) is 0 Å². The molecule has 2 aromatic rings. The van der Waals surface area contributed by atoms with Gasteiger partial charge in [-0.15, -0.1) is 0 Å². The molecule has 2 aromatic carbocycles. The maximum atomic E-state index is 12.2. The predicted octanol–water partition coefficient (Wildman–Crippen LogP) is 4.39. The maximum absolute atomic E-state index is 12.2. The molecule has 29 heavy (non-hydrogen) atoms. The van der Waals surface area contributed by atoms with Crippen molar-refractivity contribution >= 4 is 17.6 Å². The highest BCUT2D eigenvalue weighted by Gasteiger charge is 2.18. The molecule has 0 aliphatic heterocycles. The van der Waals surface area contributed by atoms with Gasteiger partial charge in [-0.1, -0.05) is 42.5 Å². The third-order valence-electron chi connectivity index (χ3n) is 4.09. The Labute approximate surface area is 169 Å². The highest BCUT2D eigenvalue weighted by molar-refractivity contribution is 5.90. The first-order valence-corrected chi connectivity index (χ1v) is 9.33. The van der Waals surface area contributed by atoms with E-state index in [4.69, 9.17) is 9.47 Å². The molecule has 0 atom stereocenters. The second kappa shape index (κ2) is 11.4. The van der Waals surface area contributed by atoms with Gasteiger partial charge < -0.3 is 9.47 Å². The molecule has 7 nitrogen and oxygen atoms in total. The first-order chi connectivity index (χ1) is 14.0. The van der Waals surface area contributed by atoms with E-state index in [1.165, 1.54) is 18.2 Å². The third-order valence-corrected chi connectivity index (χ3v) is 4.09. The Kier molecular flexibility index (Phi) is 8.56. The second-order valence-electron chi connectivity index (χ2n) is 6.21. The van der Waals surface area contributed by atoms with Gasteiger partial charge in [-0.25, -0.2) is 9.59 Å². The van der Waals surface area contributed by atoms with Crippen LogP contribution in [-0.2, 0) is 27.3 Å². The van der Waals surface area contributed by atoms with Crippen LogP contribution in [0, 0.1) is 10.1 Å². The minimum Gasteiger partial charge on any atom is -0.463 e. The Bertz CT molecular complexity index is 876. The molecule has 0 aliphatic rings. The molecular formula is C22H23NO6. The Hall–Kier alpha value is -3.48. The molecule has 0 heterocycles. The summed E-state index contributed by atoms with van der Waals surface area (Å²) in [6, 6.07) is 13.5. The van der Waals surface area contributed by atoms with E-state index in [-0.39, 0.29) is 17.9 Å². The molecule has 0 saturated carbocycles. The monoisotopic (exact) mass is 397 g/mol. The fraction of sp³-hybridized carbons (Fsp3) is 0.273. The predicted molar refractivity (Wildman–Crippen MR) is 107 cm³/mol. The lowest BCUT2D eigenvalue weighted by Gasteiger charge is -2.07. The first-order valence-electron chi connectivity index (χ1n) is 9.33. The van der Waals surface area contributed by atoms with Crippen LogP contribution in [0.1, 0.15) is 41.3 Å². The van der Waals surface area contributed by atoms with Crippen LogP contribution in [-0.4, -0.2) is 23.5 Å². The van der Waals surface area contributed by atoms with E-state index in [1.807, 2.05) is 30.3 Å². The van der Waals surface area contributed by atoms with E-state index >= 15 is 0 Å². The number of ether oxygens (including phenoxy) is 2. The van der Waals surface area contributed by atoms with Gasteiger partial charge in [0.15, 0.2) is 0 Å². The van der Waals surface area contributed by atoms with E-state index < -0.39 is 16.9 Å². The van der Waals surface area contributed by atoms with Crippen LogP contribution in [0.2, 0.25) is 0 Å². The molecule has 0 aliphatic carbocycles. The highest BCUT2D eigenvalue weighted by atomic mass is 16.6. The standard InChI is InChI=1S/C22H23NO6/c1-2-28-21(24)12-8-4-7-11-18-13-14-19(15-20(18)23(26)27)22(25)29-16-17-9-5-3-6-10-17/h3,5-6,8-10,12-15H,2,4,7,11,16H2,1H3/b12-8+. The second-order valence-corrected chi connectivity index (χ2v) is 6.21. The number of allylic oxidation sites excluding steroid dienone is 1. The molecule has 0 spiro atoms. The zero-order chi connectivity index (χ0) is 21.1. The number of carbonyl (C=O) groups is 2. The first kappa shape index (κ1) is 21.8. The molecule has 0 amide bonds. The van der Waals surface area contributed by atoms with Crippen LogP contribution in [0.15, 0.2) is 60.7 Å². The molecule has 0 N–H and O–H groups in total. The minimum absolute atomic E-state index is 0.0992. The van der Waals surface area contributed by atoms with E-state index in [9.17, 15) is 19.7 Å². The van der Waals surface area contributed by atoms with Gasteiger partial charge in [0.25, 0.3) is 5.69 Å². The Balaban J connectivity index is 1.96. The molecule has 0 aromatic heterocycles. The van der Waals surface area contributed by atoms with Gasteiger partial charge in [-0.3, -0.25) is 10.1 Å². The number of nitro groups is 1. The quantitative estimate of drug-likeness (QED) is 0.194. The Morgan fingerprint density at radius 2 is 1.86 bits per heavy atom. The van der Waals surface area contributed by atoms with E-state index in [0.29, 0.717) is 31.4 Å². The van der Waals surface area contributed by atoms with Gasteiger partial charge in [0.1, 0.15) is 6.61 Å². The summed E-state index contributed by atoms with van der Waals surface area (Å²) in [6.45, 7) is 2.14. The van der Waals surface area contributed by atoms with Gasteiger partial charge in [0.05, 0.1) is 17.1 Å². The lowest BCUT2D eigenvalue weighted by Crippen LogP contribution is -2.07. The van der Waals surface area contributed by atoms with E-state index in [0.717, 1.165) is 5.56 Å². The smallest absolute Gasteiger partial charge is 0.338 e. The van der Waals surface area contributed by atoms with Crippen molar-refractivity contribution in [3.63, 3.8) is 0 Å². The van der Waals surface area contributed by atoms with Crippen LogP contribution in [0.5, 0.6) is 0 Å². The average molecular weight is 397 g/mol. The lowest BCUT2D eigenvalue weighted by molar-refractivity contribution is -0.385. The minimum atomic E-state index is -0.610. The van der Waals surface area contributed by atoms with Crippen molar-refractivity contribution in [3.05, 3.63) is 87.5 Å². The zero-order valence-corrected chi connectivity index (χ0v) is 16.2. The lowest BCUT2D eigenvalue weighted by atomic mass is 10.0. The number of nitrogens with zero attached hydrogens (tertiary/aromatic N) is 1. The number of benzene rings is 2. The van der Waals surface area contributed by atoms with Crippen LogP contribution < -0.4 is 0 Å². The zero-order valence-electron chi connectivity index (χ0n) is 16.2. The molecule has 0 fully saturated rings. The van der Waals surface area contributed by atoms with Gasteiger partial charge in [-0.2, -0.15) is 0 Å². The summed E-state index contributed by atoms with van der Waals surface area (Å²) in [5.74, 6) is -1.02. The van der Waals surface area contributed by atoms with Gasteiger partial charge >= 0.3 is 11.9 Å². The van der Waals surface area contributed by atoms with Crippen molar-refractivity contribution in [2.75, 3.05) is 6.61 Å². The van der Waals surface area contributed by atoms with Crippen molar-refractivity contribution < 1.29 is 24.0 Å². The van der Waals surface area contributed by atoms with Crippen molar-refractivity contribution in [2.24, 2.45) is 0 Å². The topological polar surface area (TPSA) is 95.7 Å². The average Bonchev–Trinajstić information content (AvgIpc) is 2.72. The number of unbranched alkanes of at least 4 members (excludes halogenated alkanes) is 1. The summed E-state index contributed by atoms with van der Waals surface area (Å²) in [5.41, 5.74) is 1.38. The number of rotatable bonds is 10. The maximum Gasteiger partial charge on any atom is 0.338 e. The number of hydrogen-bond acceptors (Lipinski definition) is 6. The van der Waals surface area contributed by atoms with Gasteiger partial charge in [0, 0.05) is 17.7 Å². The van der Waals surface area contributed by atoms with Gasteiger partial charge in [0.2, 0.25) is 0 Å². The number of nitro benzene ring substituents is 1. The van der Waals surface area contributed by atoms with Crippen LogP contribution >= 0.6 is 0 Å². The number of aryl methyl sites for hydroxylation is 1. The summed E-state index contributed by atoms with van der Waals surface area (Å²) in [6.07, 6.45) is 4.68. The summed E-state index contributed by atoms with van der Waals surface area (Å²) >= 11 is 0. The Morgan fingerprint density at radius 3 is 2.55 bits per heavy atom. The molecule has 152 valence electrons. The molecule has 7 heteroatoms. The fourth-order valence-electron chi connectivity index (χ4n) is 2.66. The highest BCUT2D eigenvalue weighted by Crippen LogP contribution is 2.23. The van der Waals surface area contributed by atoms with Crippen LogP contribution in [0.25, 0.3) is 0 Å². The van der Waals surface area contributed by atoms with Crippen LogP contribution in [0.4, 0.5) is 5.69 Å². The van der Waals surface area contributed by atoms with Crippen molar-refractivity contribution in [1.29, 1.82) is 0 Å². The summed E-state index contributed by atoms with van der Waals surface area (Å²) < 4.78 is 10.0. The summed E-state index contributed by atoms with van der Waals surface area (Å²) in [5, 5.41) is 11.4. The largest absolute Gasteiger partial charge is 0.463 e. The van der Waals surface area contributed by atoms with E-state index in [2.05, 4.69) is 0 Å². The summed E-state index contributed by atoms with van der Waals surface area (Å²) in [7, 11) is 0. The number of esters is 2. The molecular weight excluding hydrogens is 374 g/mol. The molecule has 0 radical (unpaired) electrons. The SMILES string of the molecule is CCOC(=O)/C=C/CCCc1ccc(C(=O)OCc2ccccc2)cc1[N+](=O)[O-]. The van der Waals surface area contributed by atoms with Crippen molar-refractivity contribution in [3.8, 4) is 0 Å². The van der Waals surface area contributed by atoms with Crippen molar-refractivity contribution in [2.45, 2.75) is 32.8 Å². The Morgan fingerprint density at radius 1 is 1.10 bits per heavy atom. The molecule has 0 unspecified atom stereocenters. The number of carbonyl (C=O) groups excluding carboxylic acids is 2. The molecule has 2 rings (SSSR count). The fourth-order valence-corrected chi connectivity index (χ4v) is 2.66. The molecule has 0 saturated heterocycles. The van der Waals surface area contributed by atoms with Crippen molar-refractivity contribution in [1.82, 2.24) is 0 Å². The normalized spacial score (nSPS) is 10.7. The third kappa shape index (κ3) is 7.21. The van der Waals surface area contributed by atoms with Gasteiger partial charge in [-0.05, 0) is 37.8 Å². The molecule has 0 bridgehead atoms. The number of hydrogen-bond donors (Lipinski definition) is 0.